The summed E-state index contributed by atoms with van der Waals surface area (Å²) in [5, 5.41) is 18.2. The van der Waals surface area contributed by atoms with E-state index >= 15 is 17.6 Å². The Hall–Kier alpha value is -5.65. The lowest BCUT2D eigenvalue weighted by Crippen LogP contribution is -2.51. The molecule has 3 N–H and O–H groups in total. The molecule has 368 valence electrons. The van der Waals surface area contributed by atoms with E-state index in [1.807, 2.05) is 11.8 Å². The summed E-state index contributed by atoms with van der Waals surface area (Å²) < 4.78 is 69.7. The first kappa shape index (κ1) is 45.5. The number of rotatable bonds is 11. The summed E-state index contributed by atoms with van der Waals surface area (Å²) in [4.78, 5) is 47.8. The maximum atomic E-state index is 17.2. The van der Waals surface area contributed by atoms with Crippen LogP contribution in [0, 0.1) is 34.1 Å². The maximum absolute atomic E-state index is 17.2. The first-order valence-electron chi connectivity index (χ1n) is 25.3. The molecule has 2 amide bonds. The minimum Gasteiger partial charge on any atom is -0.508 e. The van der Waals surface area contributed by atoms with Gasteiger partial charge in [-0.05, 0) is 129 Å². The number of carbonyl (C=O) groups is 2. The van der Waals surface area contributed by atoms with Gasteiger partial charge in [0.1, 0.15) is 40.2 Å². The van der Waals surface area contributed by atoms with Crippen LogP contribution >= 0.6 is 0 Å². The first-order chi connectivity index (χ1) is 33.8. The van der Waals surface area contributed by atoms with Gasteiger partial charge in [0.15, 0.2) is 5.82 Å². The van der Waals surface area contributed by atoms with Crippen molar-refractivity contribution in [2.75, 3.05) is 75.3 Å². The number of piperidine rings is 2. The van der Waals surface area contributed by atoms with Crippen molar-refractivity contribution in [3.8, 4) is 23.0 Å². The SMILES string of the molecule is CCc1c(F)ccc2cc(O)cc(-c3ncc4c(N5CC6CCC(C5)N6)nc(OCC5(CN6CCC7(CCN(C8CCN(c9cc(F)c(C%10CCC(=O)NC%10=O)c(F)c9)CC8)C7)C6)CC5)nc4c3F)c12. The largest absolute Gasteiger partial charge is 0.508 e. The molecule has 6 aliphatic heterocycles. The Bertz CT molecular complexity index is 2890. The van der Waals surface area contributed by atoms with Crippen molar-refractivity contribution < 1.29 is 37.0 Å². The van der Waals surface area contributed by atoms with Crippen molar-refractivity contribution in [1.29, 1.82) is 0 Å². The topological polar surface area (TPSA) is 139 Å². The van der Waals surface area contributed by atoms with Crippen LogP contribution in [-0.4, -0.2) is 125 Å². The predicted molar refractivity (Wildman–Crippen MR) is 257 cm³/mol. The molecule has 2 aromatic heterocycles. The number of fused-ring (bicyclic) bond motifs is 4. The molecule has 1 spiro atoms. The Balaban J connectivity index is 0.718. The molecular formula is C53H59F4N9O4. The number of aryl methyl sites for hydroxylation is 1. The van der Waals surface area contributed by atoms with Crippen LogP contribution in [0.15, 0.2) is 42.6 Å². The number of halogens is 4. The van der Waals surface area contributed by atoms with E-state index in [-0.39, 0.29) is 52.2 Å². The average Bonchev–Trinajstić information content (AvgIpc) is 3.60. The van der Waals surface area contributed by atoms with Crippen LogP contribution in [0.4, 0.5) is 29.1 Å². The second-order valence-corrected chi connectivity index (χ2v) is 21.5. The third-order valence-electron chi connectivity index (χ3n) is 16.9. The zero-order chi connectivity index (χ0) is 48.1. The summed E-state index contributed by atoms with van der Waals surface area (Å²) in [6.07, 6.45) is 10.3. The van der Waals surface area contributed by atoms with Crippen molar-refractivity contribution in [2.45, 2.75) is 102 Å². The lowest BCUT2D eigenvalue weighted by Gasteiger charge is -2.38. The molecule has 17 heteroatoms. The Morgan fingerprint density at radius 3 is 2.33 bits per heavy atom. The lowest BCUT2D eigenvalue weighted by atomic mass is 9.86. The molecule has 4 unspecified atom stereocenters. The fourth-order valence-corrected chi connectivity index (χ4v) is 13.1. The minimum absolute atomic E-state index is 0.0220. The number of nitrogens with one attached hydrogen (secondary N) is 2. The number of phenols is 1. The molecule has 4 atom stereocenters. The van der Waals surface area contributed by atoms with E-state index in [9.17, 15) is 14.7 Å². The Kier molecular flexibility index (Phi) is 11.4. The number of benzene rings is 3. The molecule has 2 bridgehead atoms. The van der Waals surface area contributed by atoms with E-state index in [4.69, 9.17) is 14.7 Å². The monoisotopic (exact) mass is 961 g/mol. The number of imide groups is 1. The quantitative estimate of drug-likeness (QED) is 0.0902. The van der Waals surface area contributed by atoms with Crippen LogP contribution in [0.25, 0.3) is 32.9 Å². The lowest BCUT2D eigenvalue weighted by molar-refractivity contribution is -0.134. The van der Waals surface area contributed by atoms with Gasteiger partial charge in [0.2, 0.25) is 11.8 Å². The second kappa shape index (κ2) is 17.6. The third-order valence-corrected chi connectivity index (χ3v) is 16.9. The van der Waals surface area contributed by atoms with Gasteiger partial charge in [-0.3, -0.25) is 24.8 Å². The van der Waals surface area contributed by atoms with Gasteiger partial charge >= 0.3 is 6.01 Å². The van der Waals surface area contributed by atoms with E-state index in [1.165, 1.54) is 24.3 Å². The zero-order valence-electron chi connectivity index (χ0n) is 39.5. The summed E-state index contributed by atoms with van der Waals surface area (Å²) in [6, 6.07) is 9.74. The second-order valence-electron chi connectivity index (χ2n) is 21.5. The predicted octanol–water partition coefficient (Wildman–Crippen LogP) is 7.36. The number of ether oxygens (including phenoxy) is 1. The fourth-order valence-electron chi connectivity index (χ4n) is 13.1. The molecule has 12 rings (SSSR count). The van der Waals surface area contributed by atoms with E-state index in [2.05, 4.69) is 30.3 Å². The van der Waals surface area contributed by atoms with Gasteiger partial charge in [-0.15, -0.1) is 0 Å². The number of aromatic nitrogens is 3. The number of nitrogens with zero attached hydrogens (tertiary/aromatic N) is 7. The van der Waals surface area contributed by atoms with Crippen molar-refractivity contribution in [3.05, 3.63) is 77.0 Å². The minimum atomic E-state index is -1.02. The van der Waals surface area contributed by atoms with Gasteiger partial charge in [0.25, 0.3) is 0 Å². The Morgan fingerprint density at radius 2 is 1.60 bits per heavy atom. The van der Waals surface area contributed by atoms with E-state index in [0.29, 0.717) is 96.1 Å². The molecule has 1 aliphatic carbocycles. The number of phenolic OH excluding ortho intramolecular Hbond substituents is 1. The number of anilines is 2. The zero-order valence-corrected chi connectivity index (χ0v) is 39.5. The molecule has 7 fully saturated rings. The average molecular weight is 962 g/mol. The molecule has 6 saturated heterocycles. The van der Waals surface area contributed by atoms with Gasteiger partial charge in [-0.25, -0.2) is 17.6 Å². The van der Waals surface area contributed by atoms with Crippen LogP contribution in [-0.2, 0) is 16.0 Å². The van der Waals surface area contributed by atoms with Crippen molar-refractivity contribution in [2.24, 2.45) is 10.8 Å². The summed E-state index contributed by atoms with van der Waals surface area (Å²) in [7, 11) is 0. The number of hydrogen-bond acceptors (Lipinski definition) is 12. The standard InChI is InChI=1S/C53H59F4N9O4/c1-2-36-40(54)7-3-30-19-35(67)22-38(44(30)36)47-46(57)48-39(23-58-47)49(66-24-31-4-5-32(25-66)59-31)62-51(61-48)70-29-53(11-12-53)27-63-17-13-52(26-63)14-18-65(28-52)33-9-15-64(16-10-33)34-20-41(55)45(42(56)21-34)37-6-8-43(68)60-50(37)69/h3,7,19-23,31-33,37,59,67H,2,4-6,8-18,24-29H2,1H3,(H,60,68,69). The molecule has 13 nitrogen and oxygen atoms in total. The van der Waals surface area contributed by atoms with Crippen molar-refractivity contribution in [1.82, 2.24) is 35.4 Å². The van der Waals surface area contributed by atoms with E-state index in [1.54, 1.807) is 18.3 Å². The van der Waals surface area contributed by atoms with Gasteiger partial charge in [-0.2, -0.15) is 9.97 Å². The van der Waals surface area contributed by atoms with Gasteiger partial charge in [-0.1, -0.05) is 13.0 Å². The molecular weight excluding hydrogens is 903 g/mol. The van der Waals surface area contributed by atoms with Crippen molar-refractivity contribution in [3.63, 3.8) is 0 Å². The fraction of sp³-hybridized carbons (Fsp3) is 0.528. The highest BCUT2D eigenvalue weighted by Crippen LogP contribution is 2.50. The number of carbonyl (C=O) groups excluding carboxylic acids is 2. The number of likely N-dealkylation sites (tertiary alicyclic amines) is 2. The third kappa shape index (κ3) is 8.28. The highest BCUT2D eigenvalue weighted by atomic mass is 19.1. The van der Waals surface area contributed by atoms with Gasteiger partial charge in [0, 0.05) is 98.8 Å². The number of piperazine rings is 1. The summed E-state index contributed by atoms with van der Waals surface area (Å²) in [5.41, 5.74) is 1.13. The molecule has 1 saturated carbocycles. The van der Waals surface area contributed by atoms with Crippen LogP contribution in [0.5, 0.6) is 11.8 Å². The van der Waals surface area contributed by atoms with Crippen LogP contribution < -0.4 is 25.2 Å². The Morgan fingerprint density at radius 1 is 0.843 bits per heavy atom. The van der Waals surface area contributed by atoms with E-state index in [0.717, 1.165) is 84.1 Å². The summed E-state index contributed by atoms with van der Waals surface area (Å²) >= 11 is 0. The molecule has 5 aromatic rings. The van der Waals surface area contributed by atoms with E-state index < -0.39 is 41.0 Å². The molecule has 70 heavy (non-hydrogen) atoms. The van der Waals surface area contributed by atoms with Crippen LogP contribution in [0.2, 0.25) is 0 Å². The maximum Gasteiger partial charge on any atom is 0.319 e. The van der Waals surface area contributed by atoms with Crippen LogP contribution in [0.3, 0.4) is 0 Å². The smallest absolute Gasteiger partial charge is 0.319 e. The number of hydrogen-bond donors (Lipinski definition) is 3. The molecule has 7 aliphatic rings. The number of pyridine rings is 1. The molecule has 3 aromatic carbocycles. The summed E-state index contributed by atoms with van der Waals surface area (Å²) in [6.45, 7) is 10.0. The first-order valence-corrected chi connectivity index (χ1v) is 25.3. The molecule has 8 heterocycles. The van der Waals surface area contributed by atoms with Crippen LogP contribution in [0.1, 0.15) is 88.2 Å². The normalized spacial score (nSPS) is 26.0. The number of amides is 2. The Labute approximate surface area is 404 Å². The number of aromatic hydroxyl groups is 1. The molecule has 0 radical (unpaired) electrons. The van der Waals surface area contributed by atoms with Crippen molar-refractivity contribution >= 4 is 45.0 Å². The van der Waals surface area contributed by atoms with Gasteiger partial charge in [0.05, 0.1) is 17.9 Å². The van der Waals surface area contributed by atoms with Gasteiger partial charge < -0.3 is 29.9 Å². The highest BCUT2D eigenvalue weighted by molar-refractivity contribution is 6.02. The highest BCUT2D eigenvalue weighted by Gasteiger charge is 2.50. The summed E-state index contributed by atoms with van der Waals surface area (Å²) in [5.74, 6) is -4.15.